The van der Waals surface area contributed by atoms with Crippen LogP contribution in [-0.4, -0.2) is 14.2 Å². The van der Waals surface area contributed by atoms with Crippen LogP contribution >= 0.6 is 15.9 Å². The molecule has 3 nitrogen and oxygen atoms in total. The van der Waals surface area contributed by atoms with E-state index in [-0.39, 0.29) is 5.75 Å². The minimum Gasteiger partial charge on any atom is -0.224 e. The van der Waals surface area contributed by atoms with Crippen molar-refractivity contribution >= 4 is 25.8 Å². The van der Waals surface area contributed by atoms with Gasteiger partial charge in [0.1, 0.15) is 0 Å². The molecular formula is C11H12BrNO2S. The highest BCUT2D eigenvalue weighted by atomic mass is 79.9. The Labute approximate surface area is 104 Å². The van der Waals surface area contributed by atoms with E-state index in [4.69, 9.17) is 5.26 Å². The van der Waals surface area contributed by atoms with E-state index in [2.05, 4.69) is 15.9 Å². The highest BCUT2D eigenvalue weighted by Gasteiger charge is 2.13. The van der Waals surface area contributed by atoms with Crippen molar-refractivity contribution in [3.8, 4) is 6.07 Å². The van der Waals surface area contributed by atoms with Gasteiger partial charge in [-0.15, -0.1) is 0 Å². The summed E-state index contributed by atoms with van der Waals surface area (Å²) in [7, 11) is -3.19. The normalized spacial score (nSPS) is 11.0. The Morgan fingerprint density at radius 3 is 2.38 bits per heavy atom. The third-order valence-electron chi connectivity index (χ3n) is 2.12. The summed E-state index contributed by atoms with van der Waals surface area (Å²) < 4.78 is 24.5. The van der Waals surface area contributed by atoms with Gasteiger partial charge in [0.25, 0.3) is 0 Å². The van der Waals surface area contributed by atoms with E-state index >= 15 is 0 Å². The van der Waals surface area contributed by atoms with Crippen LogP contribution < -0.4 is 0 Å². The summed E-state index contributed by atoms with van der Waals surface area (Å²) in [5.74, 6) is 0.107. The maximum Gasteiger partial charge on any atom is 0.178 e. The van der Waals surface area contributed by atoms with E-state index in [1.54, 1.807) is 24.3 Å². The van der Waals surface area contributed by atoms with E-state index in [0.717, 1.165) is 4.47 Å². The van der Waals surface area contributed by atoms with Gasteiger partial charge in [0.2, 0.25) is 0 Å². The molecule has 0 heterocycles. The average molecular weight is 302 g/mol. The van der Waals surface area contributed by atoms with Gasteiger partial charge >= 0.3 is 0 Å². The first-order valence-corrected chi connectivity index (χ1v) is 7.36. The molecular weight excluding hydrogens is 290 g/mol. The molecule has 86 valence electrons. The van der Waals surface area contributed by atoms with Crippen molar-refractivity contribution in [2.45, 2.75) is 24.2 Å². The van der Waals surface area contributed by atoms with Crippen LogP contribution in [0.1, 0.15) is 19.3 Å². The highest BCUT2D eigenvalue weighted by molar-refractivity contribution is 9.10. The molecule has 0 fully saturated rings. The third-order valence-corrected chi connectivity index (χ3v) is 4.47. The summed E-state index contributed by atoms with van der Waals surface area (Å²) >= 11 is 3.25. The van der Waals surface area contributed by atoms with Crippen LogP contribution in [0.3, 0.4) is 0 Å². The molecule has 0 bridgehead atoms. The molecule has 0 saturated carbocycles. The molecule has 0 aliphatic carbocycles. The number of rotatable bonds is 5. The molecule has 0 saturated heterocycles. The number of halogens is 1. The maximum atomic E-state index is 11.8. The first-order chi connectivity index (χ1) is 7.56. The highest BCUT2D eigenvalue weighted by Crippen LogP contribution is 2.16. The van der Waals surface area contributed by atoms with Gasteiger partial charge in [0, 0.05) is 10.9 Å². The van der Waals surface area contributed by atoms with E-state index in [0.29, 0.717) is 24.2 Å². The van der Waals surface area contributed by atoms with E-state index in [1.807, 2.05) is 6.07 Å². The molecule has 1 aromatic rings. The van der Waals surface area contributed by atoms with E-state index in [1.165, 1.54) is 0 Å². The van der Waals surface area contributed by atoms with Gasteiger partial charge in [-0.1, -0.05) is 15.9 Å². The lowest BCUT2D eigenvalue weighted by Crippen LogP contribution is -2.06. The van der Waals surface area contributed by atoms with Crippen LogP contribution in [0.5, 0.6) is 0 Å². The first kappa shape index (κ1) is 13.2. The predicted molar refractivity (Wildman–Crippen MR) is 65.7 cm³/mol. The van der Waals surface area contributed by atoms with Crippen LogP contribution in [0.4, 0.5) is 0 Å². The van der Waals surface area contributed by atoms with Crippen LogP contribution in [0.25, 0.3) is 0 Å². The molecule has 16 heavy (non-hydrogen) atoms. The van der Waals surface area contributed by atoms with Gasteiger partial charge in [0.05, 0.1) is 16.7 Å². The van der Waals surface area contributed by atoms with Crippen LogP contribution in [0, 0.1) is 11.3 Å². The van der Waals surface area contributed by atoms with Crippen LogP contribution in [0.2, 0.25) is 0 Å². The van der Waals surface area contributed by atoms with Gasteiger partial charge < -0.3 is 0 Å². The zero-order valence-electron chi connectivity index (χ0n) is 8.69. The number of hydrogen-bond acceptors (Lipinski definition) is 3. The predicted octanol–water partition coefficient (Wildman–Crippen LogP) is 2.92. The molecule has 0 aromatic heterocycles. The Kier molecular flexibility index (Phi) is 4.97. The summed E-state index contributed by atoms with van der Waals surface area (Å²) in [5, 5.41) is 8.34. The minimum absolute atomic E-state index is 0.107. The Bertz CT molecular complexity index is 474. The molecule has 0 N–H and O–H groups in total. The molecule has 0 aliphatic rings. The van der Waals surface area contributed by atoms with Crippen molar-refractivity contribution in [1.82, 2.24) is 0 Å². The summed E-state index contributed by atoms with van der Waals surface area (Å²) in [6.07, 6.45) is 1.58. The number of benzene rings is 1. The first-order valence-electron chi connectivity index (χ1n) is 4.91. The number of nitriles is 1. The second-order valence-electron chi connectivity index (χ2n) is 3.39. The van der Waals surface area contributed by atoms with Gasteiger partial charge in [-0.3, -0.25) is 0 Å². The van der Waals surface area contributed by atoms with Crippen molar-refractivity contribution in [3.05, 3.63) is 28.7 Å². The second-order valence-corrected chi connectivity index (χ2v) is 6.41. The molecule has 1 aromatic carbocycles. The minimum atomic E-state index is -3.19. The van der Waals surface area contributed by atoms with Crippen molar-refractivity contribution in [2.24, 2.45) is 0 Å². The SMILES string of the molecule is N#CCCCCS(=O)(=O)c1ccc(Br)cc1. The lowest BCUT2D eigenvalue weighted by Gasteiger charge is -2.03. The van der Waals surface area contributed by atoms with Gasteiger partial charge in [-0.2, -0.15) is 5.26 Å². The molecule has 0 spiro atoms. The third kappa shape index (κ3) is 3.95. The van der Waals surface area contributed by atoms with Gasteiger partial charge in [0.15, 0.2) is 9.84 Å². The summed E-state index contributed by atoms with van der Waals surface area (Å²) in [6, 6.07) is 8.60. The molecule has 1 rings (SSSR count). The van der Waals surface area contributed by atoms with E-state index < -0.39 is 9.84 Å². The van der Waals surface area contributed by atoms with E-state index in [9.17, 15) is 8.42 Å². The Morgan fingerprint density at radius 1 is 1.19 bits per heavy atom. The van der Waals surface area contributed by atoms with Gasteiger partial charge in [-0.05, 0) is 37.1 Å². The van der Waals surface area contributed by atoms with Crippen molar-refractivity contribution in [2.75, 3.05) is 5.75 Å². The van der Waals surface area contributed by atoms with Crippen molar-refractivity contribution < 1.29 is 8.42 Å². The smallest absolute Gasteiger partial charge is 0.178 e. The average Bonchev–Trinajstić information content (AvgIpc) is 2.25. The molecule has 0 aliphatic heterocycles. The fourth-order valence-electron chi connectivity index (χ4n) is 1.26. The largest absolute Gasteiger partial charge is 0.224 e. The Hall–Kier alpha value is -0.860. The fraction of sp³-hybridized carbons (Fsp3) is 0.364. The zero-order chi connectivity index (χ0) is 12.0. The quantitative estimate of drug-likeness (QED) is 0.786. The molecule has 5 heteroatoms. The van der Waals surface area contributed by atoms with Gasteiger partial charge in [-0.25, -0.2) is 8.42 Å². The lowest BCUT2D eigenvalue weighted by atomic mass is 10.3. The lowest BCUT2D eigenvalue weighted by molar-refractivity contribution is 0.592. The summed E-state index contributed by atoms with van der Waals surface area (Å²) in [6.45, 7) is 0. The molecule has 0 amide bonds. The number of sulfone groups is 1. The number of nitrogens with zero attached hydrogens (tertiary/aromatic N) is 1. The number of hydrogen-bond donors (Lipinski definition) is 0. The Balaban J connectivity index is 2.64. The number of unbranched alkanes of at least 4 members (excludes halogenated alkanes) is 2. The maximum absolute atomic E-state index is 11.8. The topological polar surface area (TPSA) is 57.9 Å². The molecule has 0 atom stereocenters. The molecule has 0 radical (unpaired) electrons. The van der Waals surface area contributed by atoms with Crippen molar-refractivity contribution in [3.63, 3.8) is 0 Å². The zero-order valence-corrected chi connectivity index (χ0v) is 11.1. The summed E-state index contributed by atoms with van der Waals surface area (Å²) in [4.78, 5) is 0.340. The fourth-order valence-corrected chi connectivity index (χ4v) is 2.89. The molecule has 0 unspecified atom stereocenters. The monoisotopic (exact) mass is 301 g/mol. The van der Waals surface area contributed by atoms with Crippen LogP contribution in [-0.2, 0) is 9.84 Å². The van der Waals surface area contributed by atoms with Crippen molar-refractivity contribution in [1.29, 1.82) is 5.26 Å². The Morgan fingerprint density at radius 2 is 1.81 bits per heavy atom. The standard InChI is InChI=1S/C11H12BrNO2S/c12-10-4-6-11(7-5-10)16(14,15)9-3-1-2-8-13/h4-7H,1-3,9H2. The van der Waals surface area contributed by atoms with Crippen LogP contribution in [0.15, 0.2) is 33.6 Å². The second kappa shape index (κ2) is 6.02. The summed E-state index contributed by atoms with van der Waals surface area (Å²) in [5.41, 5.74) is 0.